The first-order valence-electron chi connectivity index (χ1n) is 5.64. The molecule has 0 heterocycles. The van der Waals surface area contributed by atoms with Gasteiger partial charge in [0, 0.05) is 11.8 Å². The molecule has 0 bridgehead atoms. The quantitative estimate of drug-likeness (QED) is 0.705. The molecule has 84 valence electrons. The Morgan fingerprint density at radius 2 is 2.27 bits per heavy atom. The Morgan fingerprint density at radius 1 is 1.60 bits per heavy atom. The number of carbonyl (C=O) groups excluding carboxylic acids is 1. The largest absolute Gasteiger partial charge is 0.392 e. The van der Waals surface area contributed by atoms with E-state index in [4.69, 9.17) is 0 Å². The van der Waals surface area contributed by atoms with E-state index in [0.717, 1.165) is 12.8 Å². The molecule has 0 radical (unpaired) electrons. The number of hydrogen-bond donors (Lipinski definition) is 1. The fraction of sp³-hybridized carbons (Fsp3) is 0.615. The molecule has 0 amide bonds. The van der Waals surface area contributed by atoms with Crippen LogP contribution in [-0.4, -0.2) is 17.0 Å². The van der Waals surface area contributed by atoms with Crippen molar-refractivity contribution in [3.05, 3.63) is 24.8 Å². The summed E-state index contributed by atoms with van der Waals surface area (Å²) in [6.07, 6.45) is 8.32. The Bertz CT molecular complexity index is 255. The minimum Gasteiger partial charge on any atom is -0.392 e. The monoisotopic (exact) mass is 208 g/mol. The zero-order valence-corrected chi connectivity index (χ0v) is 9.36. The van der Waals surface area contributed by atoms with Crippen molar-refractivity contribution in [1.82, 2.24) is 0 Å². The van der Waals surface area contributed by atoms with Crippen LogP contribution in [0.3, 0.4) is 0 Å². The van der Waals surface area contributed by atoms with Crippen molar-refractivity contribution in [2.75, 3.05) is 0 Å². The van der Waals surface area contributed by atoms with Gasteiger partial charge in [-0.3, -0.25) is 4.79 Å². The summed E-state index contributed by atoms with van der Waals surface area (Å²) in [5.41, 5.74) is 0. The van der Waals surface area contributed by atoms with Gasteiger partial charge in [-0.25, -0.2) is 0 Å². The van der Waals surface area contributed by atoms with Crippen LogP contribution in [0.4, 0.5) is 0 Å². The second-order valence-corrected chi connectivity index (χ2v) is 4.29. The van der Waals surface area contributed by atoms with Crippen LogP contribution in [-0.2, 0) is 4.79 Å². The summed E-state index contributed by atoms with van der Waals surface area (Å²) in [6, 6.07) is 0. The number of aliphatic hydroxyl groups excluding tert-OH is 1. The first-order valence-corrected chi connectivity index (χ1v) is 5.64. The highest BCUT2D eigenvalue weighted by Crippen LogP contribution is 2.24. The molecule has 0 saturated heterocycles. The van der Waals surface area contributed by atoms with Crippen molar-refractivity contribution >= 4 is 5.78 Å². The predicted molar refractivity (Wildman–Crippen MR) is 61.5 cm³/mol. The first-order chi connectivity index (χ1) is 7.16. The first kappa shape index (κ1) is 12.2. The van der Waals surface area contributed by atoms with E-state index < -0.39 is 6.10 Å². The van der Waals surface area contributed by atoms with Gasteiger partial charge >= 0.3 is 0 Å². The normalized spacial score (nSPS) is 27.3. The van der Waals surface area contributed by atoms with Crippen LogP contribution >= 0.6 is 0 Å². The molecule has 1 aliphatic carbocycles. The SMILES string of the molecule is C=CCCC(C)C(=O)C1CC=CCC1O. The lowest BCUT2D eigenvalue weighted by Gasteiger charge is -2.25. The lowest BCUT2D eigenvalue weighted by Crippen LogP contribution is -2.33. The Hall–Kier alpha value is -0.890. The van der Waals surface area contributed by atoms with Gasteiger partial charge in [0.1, 0.15) is 5.78 Å². The molecule has 1 aliphatic rings. The average Bonchev–Trinajstić information content (AvgIpc) is 2.25. The molecule has 3 atom stereocenters. The molecular formula is C13H20O2. The average molecular weight is 208 g/mol. The molecule has 0 spiro atoms. The summed E-state index contributed by atoms with van der Waals surface area (Å²) in [4.78, 5) is 12.0. The molecular weight excluding hydrogens is 188 g/mol. The van der Waals surface area contributed by atoms with E-state index in [1.54, 1.807) is 0 Å². The smallest absolute Gasteiger partial charge is 0.141 e. The van der Waals surface area contributed by atoms with E-state index in [1.165, 1.54) is 0 Å². The predicted octanol–water partition coefficient (Wildman–Crippen LogP) is 2.48. The van der Waals surface area contributed by atoms with Crippen LogP contribution in [0.25, 0.3) is 0 Å². The third kappa shape index (κ3) is 3.31. The van der Waals surface area contributed by atoms with Gasteiger partial charge in [0.25, 0.3) is 0 Å². The van der Waals surface area contributed by atoms with E-state index in [9.17, 15) is 9.90 Å². The van der Waals surface area contributed by atoms with Gasteiger partial charge in [-0.15, -0.1) is 6.58 Å². The van der Waals surface area contributed by atoms with Crippen molar-refractivity contribution in [2.24, 2.45) is 11.8 Å². The topological polar surface area (TPSA) is 37.3 Å². The van der Waals surface area contributed by atoms with Crippen LogP contribution in [0.15, 0.2) is 24.8 Å². The number of carbonyl (C=O) groups is 1. The van der Waals surface area contributed by atoms with E-state index in [1.807, 2.05) is 25.2 Å². The molecule has 0 aromatic carbocycles. The van der Waals surface area contributed by atoms with Crippen LogP contribution in [0, 0.1) is 11.8 Å². The van der Waals surface area contributed by atoms with Crippen LogP contribution < -0.4 is 0 Å². The molecule has 0 aromatic rings. The summed E-state index contributed by atoms with van der Waals surface area (Å²) >= 11 is 0. The standard InChI is InChI=1S/C13H20O2/c1-3-4-7-10(2)13(15)11-8-5-6-9-12(11)14/h3,5-6,10-12,14H,1,4,7-9H2,2H3. The van der Waals surface area contributed by atoms with Gasteiger partial charge in [0.2, 0.25) is 0 Å². The summed E-state index contributed by atoms with van der Waals surface area (Å²) < 4.78 is 0. The number of rotatable bonds is 5. The highest BCUT2D eigenvalue weighted by molar-refractivity contribution is 5.84. The van der Waals surface area contributed by atoms with Gasteiger partial charge in [-0.2, -0.15) is 0 Å². The Labute approximate surface area is 91.7 Å². The zero-order chi connectivity index (χ0) is 11.3. The zero-order valence-electron chi connectivity index (χ0n) is 9.36. The fourth-order valence-electron chi connectivity index (χ4n) is 1.98. The number of aliphatic hydroxyl groups is 1. The van der Waals surface area contributed by atoms with Gasteiger partial charge in [-0.1, -0.05) is 25.2 Å². The van der Waals surface area contributed by atoms with Crippen molar-refractivity contribution in [3.63, 3.8) is 0 Å². The number of hydrogen-bond acceptors (Lipinski definition) is 2. The molecule has 1 N–H and O–H groups in total. The Kier molecular flexibility index (Phi) is 4.76. The lowest BCUT2D eigenvalue weighted by atomic mass is 9.82. The molecule has 3 unspecified atom stereocenters. The summed E-state index contributed by atoms with van der Waals surface area (Å²) in [7, 11) is 0. The molecule has 1 rings (SSSR count). The molecule has 0 aromatic heterocycles. The van der Waals surface area contributed by atoms with Gasteiger partial charge < -0.3 is 5.11 Å². The summed E-state index contributed by atoms with van der Waals surface area (Å²) in [6.45, 7) is 5.59. The van der Waals surface area contributed by atoms with Gasteiger partial charge in [-0.05, 0) is 25.7 Å². The minimum atomic E-state index is -0.478. The van der Waals surface area contributed by atoms with Crippen molar-refractivity contribution in [2.45, 2.75) is 38.7 Å². The number of Topliss-reactive ketones (excluding diaryl/α,β-unsaturated/α-hetero) is 1. The molecule has 15 heavy (non-hydrogen) atoms. The highest BCUT2D eigenvalue weighted by Gasteiger charge is 2.29. The second kappa shape index (κ2) is 5.86. The van der Waals surface area contributed by atoms with Crippen molar-refractivity contribution in [1.29, 1.82) is 0 Å². The number of allylic oxidation sites excluding steroid dienone is 2. The minimum absolute atomic E-state index is 0.0362. The third-order valence-electron chi connectivity index (χ3n) is 3.05. The molecule has 0 fully saturated rings. The fourth-order valence-corrected chi connectivity index (χ4v) is 1.98. The van der Waals surface area contributed by atoms with E-state index in [-0.39, 0.29) is 17.6 Å². The maximum absolute atomic E-state index is 12.0. The number of ketones is 1. The molecule has 0 saturated carbocycles. The van der Waals surface area contributed by atoms with Gasteiger partial charge in [0.15, 0.2) is 0 Å². The lowest BCUT2D eigenvalue weighted by molar-refractivity contribution is -0.130. The molecule has 2 heteroatoms. The highest BCUT2D eigenvalue weighted by atomic mass is 16.3. The van der Waals surface area contributed by atoms with E-state index in [2.05, 4.69) is 6.58 Å². The Morgan fingerprint density at radius 3 is 2.87 bits per heavy atom. The maximum atomic E-state index is 12.0. The van der Waals surface area contributed by atoms with Crippen LogP contribution in [0.2, 0.25) is 0 Å². The molecule has 0 aliphatic heterocycles. The van der Waals surface area contributed by atoms with E-state index in [0.29, 0.717) is 12.8 Å². The van der Waals surface area contributed by atoms with Crippen LogP contribution in [0.5, 0.6) is 0 Å². The second-order valence-electron chi connectivity index (χ2n) is 4.29. The van der Waals surface area contributed by atoms with Crippen molar-refractivity contribution in [3.8, 4) is 0 Å². The van der Waals surface area contributed by atoms with Gasteiger partial charge in [0.05, 0.1) is 6.10 Å². The van der Waals surface area contributed by atoms with Crippen LogP contribution in [0.1, 0.15) is 32.6 Å². The van der Waals surface area contributed by atoms with E-state index >= 15 is 0 Å². The molecule has 2 nitrogen and oxygen atoms in total. The maximum Gasteiger partial charge on any atom is 0.141 e. The third-order valence-corrected chi connectivity index (χ3v) is 3.05. The van der Waals surface area contributed by atoms with Crippen molar-refractivity contribution < 1.29 is 9.90 Å². The summed E-state index contributed by atoms with van der Waals surface area (Å²) in [5.74, 6) is 0.0534. The Balaban J connectivity index is 2.51. The summed E-state index contributed by atoms with van der Waals surface area (Å²) in [5, 5.41) is 9.72.